The van der Waals surface area contributed by atoms with Gasteiger partial charge in [-0.25, -0.2) is 0 Å². The molecule has 17 heavy (non-hydrogen) atoms. The molecule has 0 saturated heterocycles. The molecule has 2 N–H and O–H groups in total. The largest absolute Gasteiger partial charge is 0.326 e. The summed E-state index contributed by atoms with van der Waals surface area (Å²) in [5.74, 6) is -0.0129. The molecular weight excluding hydrogens is 212 g/mol. The van der Waals surface area contributed by atoms with E-state index in [1.54, 1.807) is 24.4 Å². The van der Waals surface area contributed by atoms with E-state index in [0.29, 0.717) is 17.7 Å². The Balaban J connectivity index is 2.27. The standard InChI is InChI=1S/C14H14N2O/c1-10-2-5-13(9-16-10)14(17)12-6-3-11(8-15)4-7-12/h2-7,9H,8,15H2,1H3. The molecule has 0 aliphatic rings. The summed E-state index contributed by atoms with van der Waals surface area (Å²) in [6, 6.07) is 11.0. The van der Waals surface area contributed by atoms with Crippen molar-refractivity contribution >= 4 is 5.78 Å². The Bertz CT molecular complexity index is 515. The Hall–Kier alpha value is -2.00. The number of aryl methyl sites for hydroxylation is 1. The average Bonchev–Trinajstić information content (AvgIpc) is 2.39. The molecule has 1 aromatic carbocycles. The molecule has 1 aromatic heterocycles. The first-order valence-electron chi connectivity index (χ1n) is 5.47. The molecule has 3 heteroatoms. The Morgan fingerprint density at radius 1 is 1.12 bits per heavy atom. The van der Waals surface area contributed by atoms with E-state index < -0.39 is 0 Å². The second-order valence-electron chi connectivity index (χ2n) is 3.92. The van der Waals surface area contributed by atoms with Crippen LogP contribution in [0, 0.1) is 6.92 Å². The minimum Gasteiger partial charge on any atom is -0.326 e. The lowest BCUT2D eigenvalue weighted by Crippen LogP contribution is -2.03. The summed E-state index contributed by atoms with van der Waals surface area (Å²) in [6.45, 7) is 2.38. The third kappa shape index (κ3) is 2.57. The van der Waals surface area contributed by atoms with Crippen molar-refractivity contribution in [1.82, 2.24) is 4.98 Å². The van der Waals surface area contributed by atoms with Crippen LogP contribution in [-0.4, -0.2) is 10.8 Å². The Morgan fingerprint density at radius 2 is 1.76 bits per heavy atom. The summed E-state index contributed by atoms with van der Waals surface area (Å²) >= 11 is 0. The molecule has 0 amide bonds. The van der Waals surface area contributed by atoms with Gasteiger partial charge < -0.3 is 5.73 Å². The molecule has 86 valence electrons. The number of aromatic nitrogens is 1. The first-order valence-corrected chi connectivity index (χ1v) is 5.47. The number of nitrogens with two attached hydrogens (primary N) is 1. The Morgan fingerprint density at radius 3 is 2.29 bits per heavy atom. The normalized spacial score (nSPS) is 10.2. The third-order valence-electron chi connectivity index (χ3n) is 2.63. The van der Waals surface area contributed by atoms with E-state index in [9.17, 15) is 4.79 Å². The minimum absolute atomic E-state index is 0.0129. The van der Waals surface area contributed by atoms with Gasteiger partial charge in [0.1, 0.15) is 0 Å². The topological polar surface area (TPSA) is 56.0 Å². The smallest absolute Gasteiger partial charge is 0.194 e. The number of nitrogens with zero attached hydrogens (tertiary/aromatic N) is 1. The number of carbonyl (C=O) groups is 1. The Kier molecular flexibility index (Phi) is 3.30. The lowest BCUT2D eigenvalue weighted by molar-refractivity contribution is 0.103. The quantitative estimate of drug-likeness (QED) is 0.815. The highest BCUT2D eigenvalue weighted by Gasteiger charge is 2.08. The Labute approximate surface area is 100 Å². The predicted molar refractivity (Wildman–Crippen MR) is 66.7 cm³/mol. The summed E-state index contributed by atoms with van der Waals surface area (Å²) in [7, 11) is 0. The fraction of sp³-hybridized carbons (Fsp3) is 0.143. The fourth-order valence-electron chi connectivity index (χ4n) is 1.56. The SMILES string of the molecule is Cc1ccc(C(=O)c2ccc(CN)cc2)cn1. The molecule has 3 nitrogen and oxygen atoms in total. The van der Waals surface area contributed by atoms with Gasteiger partial charge in [0.05, 0.1) is 0 Å². The number of hydrogen-bond acceptors (Lipinski definition) is 3. The number of ketones is 1. The van der Waals surface area contributed by atoms with Crippen molar-refractivity contribution < 1.29 is 4.79 Å². The van der Waals surface area contributed by atoms with Gasteiger partial charge in [0.15, 0.2) is 5.78 Å². The van der Waals surface area contributed by atoms with E-state index >= 15 is 0 Å². The third-order valence-corrected chi connectivity index (χ3v) is 2.63. The molecule has 1 heterocycles. The summed E-state index contributed by atoms with van der Waals surface area (Å²) < 4.78 is 0. The average molecular weight is 226 g/mol. The first kappa shape index (κ1) is 11.5. The summed E-state index contributed by atoms with van der Waals surface area (Å²) in [6.07, 6.45) is 1.61. The molecule has 0 fully saturated rings. The van der Waals surface area contributed by atoms with E-state index in [1.165, 1.54) is 0 Å². The number of benzene rings is 1. The molecule has 0 aliphatic carbocycles. The molecular formula is C14H14N2O. The predicted octanol–water partition coefficient (Wildman–Crippen LogP) is 2.08. The first-order chi connectivity index (χ1) is 8.20. The minimum atomic E-state index is -0.0129. The van der Waals surface area contributed by atoms with Crippen LogP contribution in [0.2, 0.25) is 0 Å². The van der Waals surface area contributed by atoms with Gasteiger partial charge in [0.25, 0.3) is 0 Å². The molecule has 0 aliphatic heterocycles. The zero-order valence-corrected chi connectivity index (χ0v) is 9.68. The van der Waals surface area contributed by atoms with Gasteiger partial charge in [-0.2, -0.15) is 0 Å². The van der Waals surface area contributed by atoms with Gasteiger partial charge in [-0.3, -0.25) is 9.78 Å². The van der Waals surface area contributed by atoms with Gasteiger partial charge in [-0.05, 0) is 24.6 Å². The van der Waals surface area contributed by atoms with Crippen LogP contribution in [0.25, 0.3) is 0 Å². The van der Waals surface area contributed by atoms with E-state index in [-0.39, 0.29) is 5.78 Å². The van der Waals surface area contributed by atoms with Crippen molar-refractivity contribution in [3.8, 4) is 0 Å². The second-order valence-corrected chi connectivity index (χ2v) is 3.92. The number of carbonyl (C=O) groups excluding carboxylic acids is 1. The van der Waals surface area contributed by atoms with Crippen LogP contribution < -0.4 is 5.73 Å². The lowest BCUT2D eigenvalue weighted by atomic mass is 10.0. The fourth-order valence-corrected chi connectivity index (χ4v) is 1.56. The van der Waals surface area contributed by atoms with E-state index in [0.717, 1.165) is 11.3 Å². The number of hydrogen-bond donors (Lipinski definition) is 1. The summed E-state index contributed by atoms with van der Waals surface area (Å²) in [5.41, 5.74) is 8.70. The number of pyridine rings is 1. The van der Waals surface area contributed by atoms with Crippen LogP contribution in [-0.2, 0) is 6.54 Å². The molecule has 0 spiro atoms. The van der Waals surface area contributed by atoms with Gasteiger partial charge in [-0.15, -0.1) is 0 Å². The van der Waals surface area contributed by atoms with E-state index in [2.05, 4.69) is 4.98 Å². The van der Waals surface area contributed by atoms with Gasteiger partial charge in [-0.1, -0.05) is 24.3 Å². The highest BCUT2D eigenvalue weighted by atomic mass is 16.1. The maximum absolute atomic E-state index is 12.1. The van der Waals surface area contributed by atoms with Crippen molar-refractivity contribution in [3.63, 3.8) is 0 Å². The highest BCUT2D eigenvalue weighted by Crippen LogP contribution is 2.10. The monoisotopic (exact) mass is 226 g/mol. The number of rotatable bonds is 3. The van der Waals surface area contributed by atoms with E-state index in [4.69, 9.17) is 5.73 Å². The van der Waals surface area contributed by atoms with Gasteiger partial charge in [0, 0.05) is 29.6 Å². The molecule has 2 rings (SSSR count). The molecule has 0 saturated carbocycles. The highest BCUT2D eigenvalue weighted by molar-refractivity contribution is 6.08. The van der Waals surface area contributed by atoms with Crippen molar-refractivity contribution in [1.29, 1.82) is 0 Å². The van der Waals surface area contributed by atoms with Crippen LogP contribution >= 0.6 is 0 Å². The van der Waals surface area contributed by atoms with Crippen LogP contribution in [0.5, 0.6) is 0 Å². The summed E-state index contributed by atoms with van der Waals surface area (Å²) in [5, 5.41) is 0. The zero-order valence-electron chi connectivity index (χ0n) is 9.68. The van der Waals surface area contributed by atoms with Crippen molar-refractivity contribution in [2.45, 2.75) is 13.5 Å². The molecule has 0 bridgehead atoms. The summed E-state index contributed by atoms with van der Waals surface area (Å²) in [4.78, 5) is 16.2. The van der Waals surface area contributed by atoms with Gasteiger partial charge >= 0.3 is 0 Å². The van der Waals surface area contributed by atoms with Crippen LogP contribution in [0.15, 0.2) is 42.6 Å². The van der Waals surface area contributed by atoms with Crippen molar-refractivity contribution in [2.24, 2.45) is 5.73 Å². The van der Waals surface area contributed by atoms with E-state index in [1.807, 2.05) is 25.1 Å². The van der Waals surface area contributed by atoms with Crippen molar-refractivity contribution in [3.05, 3.63) is 65.0 Å². The molecule has 0 unspecified atom stereocenters. The van der Waals surface area contributed by atoms with Crippen molar-refractivity contribution in [2.75, 3.05) is 0 Å². The maximum atomic E-state index is 12.1. The maximum Gasteiger partial charge on any atom is 0.194 e. The van der Waals surface area contributed by atoms with Crippen LogP contribution in [0.3, 0.4) is 0 Å². The molecule has 0 atom stereocenters. The second kappa shape index (κ2) is 4.89. The van der Waals surface area contributed by atoms with Gasteiger partial charge in [0.2, 0.25) is 0 Å². The van der Waals surface area contributed by atoms with Crippen LogP contribution in [0.4, 0.5) is 0 Å². The lowest BCUT2D eigenvalue weighted by Gasteiger charge is -2.02. The molecule has 0 radical (unpaired) electrons. The zero-order chi connectivity index (χ0) is 12.3. The molecule has 2 aromatic rings. The van der Waals surface area contributed by atoms with Crippen LogP contribution in [0.1, 0.15) is 27.2 Å².